The standard InChI is InChI=1S/C23H19IN2O3/c1-15-8-9-20(23(24)26-15)29-19-10-11-25-18-13-22(21(27-2)12-17(18)19)28-14-16-6-4-3-5-7-16/h3-13H,14H2,1-2H3. The third-order valence-electron chi connectivity index (χ3n) is 4.40. The van der Waals surface area contributed by atoms with E-state index in [0.29, 0.717) is 29.6 Å². The molecule has 2 heterocycles. The number of aromatic nitrogens is 2. The van der Waals surface area contributed by atoms with Crippen LogP contribution in [0.15, 0.2) is 66.9 Å². The molecule has 4 aromatic rings. The molecule has 5 nitrogen and oxygen atoms in total. The van der Waals surface area contributed by atoms with Crippen LogP contribution in [0.3, 0.4) is 0 Å². The highest BCUT2D eigenvalue weighted by atomic mass is 127. The molecule has 0 N–H and O–H groups in total. The maximum Gasteiger partial charge on any atom is 0.163 e. The van der Waals surface area contributed by atoms with Gasteiger partial charge in [0.2, 0.25) is 0 Å². The molecule has 0 aliphatic rings. The van der Waals surface area contributed by atoms with Crippen LogP contribution >= 0.6 is 22.6 Å². The van der Waals surface area contributed by atoms with E-state index in [4.69, 9.17) is 14.2 Å². The Morgan fingerprint density at radius 1 is 0.897 bits per heavy atom. The third-order valence-corrected chi connectivity index (χ3v) is 5.17. The van der Waals surface area contributed by atoms with Gasteiger partial charge in [-0.1, -0.05) is 30.3 Å². The van der Waals surface area contributed by atoms with Crippen molar-refractivity contribution >= 4 is 33.5 Å². The number of halogens is 1. The summed E-state index contributed by atoms with van der Waals surface area (Å²) in [7, 11) is 1.63. The van der Waals surface area contributed by atoms with Gasteiger partial charge >= 0.3 is 0 Å². The number of hydrogen-bond acceptors (Lipinski definition) is 5. The molecule has 0 bridgehead atoms. The van der Waals surface area contributed by atoms with Crippen molar-refractivity contribution in [2.24, 2.45) is 0 Å². The second-order valence-corrected chi connectivity index (χ2v) is 7.47. The minimum absolute atomic E-state index is 0.451. The predicted molar refractivity (Wildman–Crippen MR) is 121 cm³/mol. The van der Waals surface area contributed by atoms with Gasteiger partial charge in [-0.15, -0.1) is 0 Å². The molecule has 146 valence electrons. The maximum atomic E-state index is 6.14. The summed E-state index contributed by atoms with van der Waals surface area (Å²) in [5, 5.41) is 0.841. The lowest BCUT2D eigenvalue weighted by atomic mass is 10.1. The summed E-state index contributed by atoms with van der Waals surface area (Å²) in [6.45, 7) is 2.40. The number of hydrogen-bond donors (Lipinski definition) is 0. The second kappa shape index (κ2) is 8.65. The molecule has 2 aromatic heterocycles. The smallest absolute Gasteiger partial charge is 0.163 e. The highest BCUT2D eigenvalue weighted by Crippen LogP contribution is 2.38. The van der Waals surface area contributed by atoms with E-state index >= 15 is 0 Å². The normalized spacial score (nSPS) is 10.7. The van der Waals surface area contributed by atoms with Crippen LogP contribution in [-0.4, -0.2) is 17.1 Å². The summed E-state index contributed by atoms with van der Waals surface area (Å²) >= 11 is 2.18. The monoisotopic (exact) mass is 498 g/mol. The van der Waals surface area contributed by atoms with Crippen molar-refractivity contribution in [1.82, 2.24) is 9.97 Å². The average molecular weight is 498 g/mol. The molecule has 0 radical (unpaired) electrons. The van der Waals surface area contributed by atoms with Gasteiger partial charge < -0.3 is 14.2 Å². The molecule has 0 aliphatic heterocycles. The van der Waals surface area contributed by atoms with Crippen LogP contribution in [0.5, 0.6) is 23.0 Å². The van der Waals surface area contributed by atoms with Crippen LogP contribution in [0.25, 0.3) is 10.9 Å². The van der Waals surface area contributed by atoms with Crippen LogP contribution in [0, 0.1) is 10.6 Å². The van der Waals surface area contributed by atoms with E-state index in [9.17, 15) is 0 Å². The number of nitrogens with zero attached hydrogens (tertiary/aromatic N) is 2. The third kappa shape index (κ3) is 4.42. The predicted octanol–water partition coefficient (Wildman–Crippen LogP) is 5.92. The lowest BCUT2D eigenvalue weighted by molar-refractivity contribution is 0.285. The summed E-state index contributed by atoms with van der Waals surface area (Å²) in [5.41, 5.74) is 2.80. The summed E-state index contributed by atoms with van der Waals surface area (Å²) in [6.07, 6.45) is 1.72. The van der Waals surface area contributed by atoms with Gasteiger partial charge in [0.25, 0.3) is 0 Å². The Labute approximate surface area is 182 Å². The fraction of sp³-hybridized carbons (Fsp3) is 0.130. The van der Waals surface area contributed by atoms with E-state index in [1.165, 1.54) is 0 Å². The van der Waals surface area contributed by atoms with Gasteiger partial charge in [0.1, 0.15) is 16.1 Å². The van der Waals surface area contributed by atoms with Crippen molar-refractivity contribution in [1.29, 1.82) is 0 Å². The highest BCUT2D eigenvalue weighted by Gasteiger charge is 2.13. The minimum Gasteiger partial charge on any atom is -0.493 e. The summed E-state index contributed by atoms with van der Waals surface area (Å²) in [4.78, 5) is 8.93. The molecule has 0 amide bonds. The fourth-order valence-corrected chi connectivity index (χ4v) is 3.60. The molecule has 0 spiro atoms. The molecule has 0 unspecified atom stereocenters. The van der Waals surface area contributed by atoms with Crippen molar-refractivity contribution in [3.63, 3.8) is 0 Å². The van der Waals surface area contributed by atoms with Gasteiger partial charge in [0.15, 0.2) is 17.2 Å². The van der Waals surface area contributed by atoms with Crippen molar-refractivity contribution in [2.75, 3.05) is 7.11 Å². The van der Waals surface area contributed by atoms with Gasteiger partial charge in [-0.05, 0) is 59.3 Å². The first-order valence-electron chi connectivity index (χ1n) is 9.08. The first kappa shape index (κ1) is 19.4. The van der Waals surface area contributed by atoms with E-state index < -0.39 is 0 Å². The second-order valence-electron chi connectivity index (χ2n) is 6.45. The summed E-state index contributed by atoms with van der Waals surface area (Å²) in [6, 6.07) is 19.5. The van der Waals surface area contributed by atoms with Crippen LogP contribution < -0.4 is 14.2 Å². The Morgan fingerprint density at radius 3 is 2.48 bits per heavy atom. The molecule has 0 atom stereocenters. The number of aryl methyl sites for hydroxylation is 1. The molecule has 4 rings (SSSR count). The Morgan fingerprint density at radius 2 is 1.72 bits per heavy atom. The number of benzene rings is 2. The molecule has 6 heteroatoms. The van der Waals surface area contributed by atoms with E-state index in [2.05, 4.69) is 32.6 Å². The van der Waals surface area contributed by atoms with Gasteiger partial charge in [-0.25, -0.2) is 4.98 Å². The van der Waals surface area contributed by atoms with Crippen molar-refractivity contribution in [3.8, 4) is 23.0 Å². The summed E-state index contributed by atoms with van der Waals surface area (Å²) < 4.78 is 18.5. The van der Waals surface area contributed by atoms with Gasteiger partial charge in [-0.3, -0.25) is 4.98 Å². The number of ether oxygens (including phenoxy) is 3. The summed E-state index contributed by atoms with van der Waals surface area (Å²) in [5.74, 6) is 2.65. The lowest BCUT2D eigenvalue weighted by Crippen LogP contribution is -1.99. The Hall–Kier alpha value is -2.87. The topological polar surface area (TPSA) is 53.5 Å². The van der Waals surface area contributed by atoms with E-state index in [0.717, 1.165) is 25.9 Å². The van der Waals surface area contributed by atoms with Crippen molar-refractivity contribution in [2.45, 2.75) is 13.5 Å². The molecule has 2 aromatic carbocycles. The largest absolute Gasteiger partial charge is 0.493 e. The number of fused-ring (bicyclic) bond motifs is 1. The Balaban J connectivity index is 1.67. The van der Waals surface area contributed by atoms with E-state index in [-0.39, 0.29) is 0 Å². The zero-order chi connectivity index (χ0) is 20.2. The molecular formula is C23H19IN2O3. The SMILES string of the molecule is COc1cc2c(Oc3ccc(C)nc3I)ccnc2cc1OCc1ccccc1. The van der Waals surface area contributed by atoms with Crippen molar-refractivity contribution < 1.29 is 14.2 Å². The molecule has 0 aliphatic carbocycles. The first-order valence-corrected chi connectivity index (χ1v) is 10.2. The van der Waals surface area contributed by atoms with Gasteiger partial charge in [0, 0.05) is 23.3 Å². The lowest BCUT2D eigenvalue weighted by Gasteiger charge is -2.14. The zero-order valence-corrected chi connectivity index (χ0v) is 18.2. The number of pyridine rings is 2. The molecule has 0 saturated heterocycles. The first-order chi connectivity index (χ1) is 14.1. The minimum atomic E-state index is 0.451. The molecule has 0 saturated carbocycles. The number of rotatable bonds is 6. The Kier molecular flexibility index (Phi) is 5.80. The molecule has 0 fully saturated rings. The van der Waals surface area contributed by atoms with E-state index in [1.807, 2.05) is 67.6 Å². The van der Waals surface area contributed by atoms with Crippen LogP contribution in [0.1, 0.15) is 11.3 Å². The highest BCUT2D eigenvalue weighted by molar-refractivity contribution is 14.1. The quantitative estimate of drug-likeness (QED) is 0.244. The molecule has 29 heavy (non-hydrogen) atoms. The van der Waals surface area contributed by atoms with Crippen LogP contribution in [0.2, 0.25) is 0 Å². The van der Waals surface area contributed by atoms with Crippen LogP contribution in [0.4, 0.5) is 0 Å². The zero-order valence-electron chi connectivity index (χ0n) is 16.1. The fourth-order valence-electron chi connectivity index (χ4n) is 2.93. The Bertz CT molecular complexity index is 1150. The molecular weight excluding hydrogens is 479 g/mol. The van der Waals surface area contributed by atoms with Crippen molar-refractivity contribution in [3.05, 3.63) is 81.8 Å². The van der Waals surface area contributed by atoms with Gasteiger partial charge in [-0.2, -0.15) is 0 Å². The maximum absolute atomic E-state index is 6.14. The average Bonchev–Trinajstić information content (AvgIpc) is 2.74. The number of methoxy groups -OCH3 is 1. The van der Waals surface area contributed by atoms with Crippen LogP contribution in [-0.2, 0) is 6.61 Å². The van der Waals surface area contributed by atoms with E-state index in [1.54, 1.807) is 13.3 Å². The van der Waals surface area contributed by atoms with Gasteiger partial charge in [0.05, 0.1) is 12.6 Å².